The van der Waals surface area contributed by atoms with Crippen molar-refractivity contribution in [2.45, 2.75) is 6.82 Å². The Bertz CT molecular complexity index is 919. The first kappa shape index (κ1) is 12.7. The largest absolute Gasteiger partial charge is 0.154 e. The third-order valence-corrected chi connectivity index (χ3v) is 5.30. The van der Waals surface area contributed by atoms with Crippen molar-refractivity contribution >= 4 is 44.3 Å². The summed E-state index contributed by atoms with van der Waals surface area (Å²) in [4.78, 5) is 0. The second-order valence-electron chi connectivity index (χ2n) is 5.33. The Morgan fingerprint density at radius 2 is 1.52 bits per heavy atom. The van der Waals surface area contributed by atoms with E-state index in [0.29, 0.717) is 0 Å². The smallest absolute Gasteiger partial charge is 0.135 e. The van der Waals surface area contributed by atoms with Crippen molar-refractivity contribution in [1.82, 2.24) is 0 Å². The molecule has 0 saturated carbocycles. The van der Waals surface area contributed by atoms with Crippen LogP contribution in [0.4, 0.5) is 0 Å². The van der Waals surface area contributed by atoms with Gasteiger partial charge < -0.3 is 0 Å². The molecule has 0 N–H and O–H groups in total. The molecule has 0 aliphatic rings. The van der Waals surface area contributed by atoms with Crippen molar-refractivity contribution in [2.75, 3.05) is 0 Å². The molecule has 0 unspecified atom stereocenters. The first-order valence-corrected chi connectivity index (χ1v) is 8.18. The van der Waals surface area contributed by atoms with Gasteiger partial charge in [0.15, 0.2) is 7.28 Å². The Labute approximate surface area is 129 Å². The standard InChI is InChI=1S/C19H15BS/c1-20-14-11-9-13(10-12-14)15-6-4-7-17-16-5-2-3-8-18(16)21-19(15)17/h2-12,20H,1H3. The zero-order valence-electron chi connectivity index (χ0n) is 12.0. The molecule has 0 aliphatic heterocycles. The van der Waals surface area contributed by atoms with Crippen LogP contribution in [0.25, 0.3) is 31.3 Å². The Morgan fingerprint density at radius 1 is 0.762 bits per heavy atom. The second kappa shape index (κ2) is 5.05. The molecule has 0 aliphatic carbocycles. The summed E-state index contributed by atoms with van der Waals surface area (Å²) < 4.78 is 2.76. The van der Waals surface area contributed by atoms with Gasteiger partial charge in [0.2, 0.25) is 0 Å². The van der Waals surface area contributed by atoms with E-state index in [4.69, 9.17) is 0 Å². The van der Waals surface area contributed by atoms with Gasteiger partial charge in [-0.25, -0.2) is 0 Å². The Balaban J connectivity index is 1.99. The van der Waals surface area contributed by atoms with E-state index in [0.717, 1.165) is 7.28 Å². The fourth-order valence-electron chi connectivity index (χ4n) is 2.89. The summed E-state index contributed by atoms with van der Waals surface area (Å²) in [5.41, 5.74) is 4.04. The third kappa shape index (κ3) is 2.07. The van der Waals surface area contributed by atoms with Crippen LogP contribution in [-0.2, 0) is 0 Å². The molecule has 4 aromatic rings. The van der Waals surface area contributed by atoms with Crippen LogP contribution in [0.15, 0.2) is 66.7 Å². The van der Waals surface area contributed by atoms with Gasteiger partial charge in [-0.1, -0.05) is 72.9 Å². The Kier molecular flexibility index (Phi) is 3.05. The van der Waals surface area contributed by atoms with E-state index >= 15 is 0 Å². The molecular weight excluding hydrogens is 271 g/mol. The minimum Gasteiger partial charge on any atom is -0.135 e. The van der Waals surface area contributed by atoms with Crippen LogP contribution in [-0.4, -0.2) is 7.28 Å². The summed E-state index contributed by atoms with van der Waals surface area (Å²) in [5.74, 6) is 0. The van der Waals surface area contributed by atoms with Crippen LogP contribution in [0.1, 0.15) is 0 Å². The molecule has 0 spiro atoms. The van der Waals surface area contributed by atoms with Gasteiger partial charge in [-0.05, 0) is 17.2 Å². The number of thiophene rings is 1. The molecular formula is C19H15BS. The first-order valence-electron chi connectivity index (χ1n) is 7.36. The molecule has 21 heavy (non-hydrogen) atoms. The molecule has 0 radical (unpaired) electrons. The maximum absolute atomic E-state index is 2.25. The van der Waals surface area contributed by atoms with Gasteiger partial charge >= 0.3 is 0 Å². The zero-order chi connectivity index (χ0) is 14.2. The SMILES string of the molecule is CBc1ccc(-c2cccc3c2sc2ccccc23)cc1. The summed E-state index contributed by atoms with van der Waals surface area (Å²) in [6.45, 7) is 2.20. The lowest BCUT2D eigenvalue weighted by Gasteiger charge is -2.04. The summed E-state index contributed by atoms with van der Waals surface area (Å²) >= 11 is 1.89. The number of hydrogen-bond acceptors (Lipinski definition) is 1. The Hall–Kier alpha value is -2.06. The van der Waals surface area contributed by atoms with Gasteiger partial charge in [0.05, 0.1) is 0 Å². The first-order chi connectivity index (χ1) is 10.4. The number of rotatable bonds is 2. The maximum Gasteiger partial charge on any atom is 0.154 e. The Morgan fingerprint density at radius 3 is 2.33 bits per heavy atom. The molecule has 0 saturated heterocycles. The van der Waals surface area contributed by atoms with Gasteiger partial charge in [0.25, 0.3) is 0 Å². The lowest BCUT2D eigenvalue weighted by atomic mass is 9.73. The normalized spacial score (nSPS) is 11.1. The van der Waals surface area contributed by atoms with Crippen molar-refractivity contribution in [1.29, 1.82) is 0 Å². The molecule has 100 valence electrons. The predicted octanol–water partition coefficient (Wildman–Crippen LogP) is 4.83. The molecule has 1 aromatic heterocycles. The topological polar surface area (TPSA) is 0 Å². The van der Waals surface area contributed by atoms with Gasteiger partial charge in [-0.15, -0.1) is 11.3 Å². The van der Waals surface area contributed by atoms with E-state index in [1.807, 2.05) is 11.3 Å². The van der Waals surface area contributed by atoms with Crippen molar-refractivity contribution in [3.8, 4) is 11.1 Å². The quantitative estimate of drug-likeness (QED) is 0.463. The van der Waals surface area contributed by atoms with E-state index in [-0.39, 0.29) is 0 Å². The summed E-state index contributed by atoms with van der Waals surface area (Å²) in [6.07, 6.45) is 0. The van der Waals surface area contributed by atoms with Crippen molar-refractivity contribution < 1.29 is 0 Å². The molecule has 0 bridgehead atoms. The molecule has 1 heterocycles. The summed E-state index contributed by atoms with van der Waals surface area (Å²) in [6, 6.07) is 24.3. The lowest BCUT2D eigenvalue weighted by molar-refractivity contribution is 1.70. The fourth-order valence-corrected chi connectivity index (χ4v) is 4.13. The highest BCUT2D eigenvalue weighted by Gasteiger charge is 2.09. The second-order valence-corrected chi connectivity index (χ2v) is 6.38. The van der Waals surface area contributed by atoms with Gasteiger partial charge in [0, 0.05) is 20.2 Å². The predicted molar refractivity (Wildman–Crippen MR) is 97.4 cm³/mol. The van der Waals surface area contributed by atoms with E-state index < -0.39 is 0 Å². The van der Waals surface area contributed by atoms with E-state index in [9.17, 15) is 0 Å². The van der Waals surface area contributed by atoms with Gasteiger partial charge in [0.1, 0.15) is 0 Å². The molecule has 0 atom stereocenters. The maximum atomic E-state index is 2.25. The third-order valence-electron chi connectivity index (χ3n) is 4.08. The van der Waals surface area contributed by atoms with Crippen molar-refractivity contribution in [3.05, 3.63) is 66.7 Å². The van der Waals surface area contributed by atoms with E-state index in [2.05, 4.69) is 73.6 Å². The zero-order valence-corrected chi connectivity index (χ0v) is 12.8. The minimum absolute atomic E-state index is 1.09. The van der Waals surface area contributed by atoms with Crippen LogP contribution in [0.2, 0.25) is 6.82 Å². The van der Waals surface area contributed by atoms with Crippen molar-refractivity contribution in [2.24, 2.45) is 0 Å². The van der Waals surface area contributed by atoms with Crippen molar-refractivity contribution in [3.63, 3.8) is 0 Å². The molecule has 4 rings (SSSR count). The number of benzene rings is 3. The minimum atomic E-state index is 1.09. The van der Waals surface area contributed by atoms with E-state index in [1.54, 1.807) is 0 Å². The monoisotopic (exact) mass is 286 g/mol. The molecule has 0 amide bonds. The molecule has 3 aromatic carbocycles. The van der Waals surface area contributed by atoms with Gasteiger partial charge in [-0.3, -0.25) is 0 Å². The van der Waals surface area contributed by atoms with E-state index in [1.165, 1.54) is 36.8 Å². The molecule has 0 fully saturated rings. The fraction of sp³-hybridized carbons (Fsp3) is 0.0526. The van der Waals surface area contributed by atoms with Crippen LogP contribution >= 0.6 is 11.3 Å². The average Bonchev–Trinajstić information content (AvgIpc) is 2.94. The highest BCUT2D eigenvalue weighted by atomic mass is 32.1. The van der Waals surface area contributed by atoms with Gasteiger partial charge in [-0.2, -0.15) is 0 Å². The number of fused-ring (bicyclic) bond motifs is 3. The van der Waals surface area contributed by atoms with Crippen LogP contribution < -0.4 is 5.46 Å². The van der Waals surface area contributed by atoms with Crippen LogP contribution in [0.3, 0.4) is 0 Å². The summed E-state index contributed by atoms with van der Waals surface area (Å²) in [7, 11) is 1.09. The van der Waals surface area contributed by atoms with Crippen LogP contribution in [0, 0.1) is 0 Å². The van der Waals surface area contributed by atoms with Crippen LogP contribution in [0.5, 0.6) is 0 Å². The highest BCUT2D eigenvalue weighted by Crippen LogP contribution is 2.39. The summed E-state index contributed by atoms with van der Waals surface area (Å²) in [5, 5.41) is 2.73. The average molecular weight is 286 g/mol. The number of hydrogen-bond donors (Lipinski definition) is 0. The lowest BCUT2D eigenvalue weighted by Crippen LogP contribution is -2.08. The molecule has 2 heteroatoms. The highest BCUT2D eigenvalue weighted by molar-refractivity contribution is 7.26. The molecule has 0 nitrogen and oxygen atoms in total.